The van der Waals surface area contributed by atoms with Gasteiger partial charge in [0, 0.05) is 23.6 Å². The Hall–Kier alpha value is -4.08. The van der Waals surface area contributed by atoms with E-state index in [-0.39, 0.29) is 28.5 Å². The monoisotopic (exact) mass is 450 g/mol. The summed E-state index contributed by atoms with van der Waals surface area (Å²) < 4.78 is 6.50. The third kappa shape index (κ3) is 4.89. The molecule has 10 nitrogen and oxygen atoms in total. The van der Waals surface area contributed by atoms with Crippen LogP contribution < -0.4 is 10.3 Å². The Morgan fingerprint density at radius 3 is 2.73 bits per heavy atom. The number of carbonyl (C=O) groups is 1. The molecule has 1 heterocycles. The van der Waals surface area contributed by atoms with E-state index in [1.165, 1.54) is 29.1 Å². The first kappa shape index (κ1) is 22.1. The highest BCUT2D eigenvalue weighted by molar-refractivity contribution is 5.85. The smallest absolute Gasteiger partial charge is 0.341 e. The van der Waals surface area contributed by atoms with Crippen LogP contribution in [0.5, 0.6) is 5.75 Å². The number of nitro benzene ring substituents is 1. The molecule has 0 aliphatic heterocycles. The van der Waals surface area contributed by atoms with E-state index in [1.807, 2.05) is 6.07 Å². The van der Waals surface area contributed by atoms with Gasteiger partial charge >= 0.3 is 5.97 Å². The molecule has 1 fully saturated rings. The summed E-state index contributed by atoms with van der Waals surface area (Å²) in [6.45, 7) is -0.622. The number of rotatable bonds is 7. The average Bonchev–Trinajstić information content (AvgIpc) is 2.82. The van der Waals surface area contributed by atoms with Crippen molar-refractivity contribution in [1.82, 2.24) is 9.66 Å². The fourth-order valence-electron chi connectivity index (χ4n) is 4.02. The van der Waals surface area contributed by atoms with Crippen molar-refractivity contribution in [2.24, 2.45) is 5.10 Å². The predicted octanol–water partition coefficient (Wildman–Crippen LogP) is 3.70. The van der Waals surface area contributed by atoms with Crippen LogP contribution in [0.4, 0.5) is 5.69 Å². The summed E-state index contributed by atoms with van der Waals surface area (Å²) in [5, 5.41) is 24.9. The number of benzene rings is 2. The third-order valence-electron chi connectivity index (χ3n) is 5.62. The lowest BCUT2D eigenvalue weighted by Crippen LogP contribution is -2.25. The topological polar surface area (TPSA) is 137 Å². The van der Waals surface area contributed by atoms with Gasteiger partial charge in [-0.1, -0.05) is 31.4 Å². The summed E-state index contributed by atoms with van der Waals surface area (Å²) in [6.07, 6.45) is 6.27. The zero-order valence-electron chi connectivity index (χ0n) is 17.7. The first-order chi connectivity index (χ1) is 15.9. The highest BCUT2D eigenvalue weighted by Crippen LogP contribution is 2.32. The largest absolute Gasteiger partial charge is 0.481 e. The van der Waals surface area contributed by atoms with Crippen molar-refractivity contribution < 1.29 is 19.6 Å². The molecule has 1 aliphatic carbocycles. The fourth-order valence-corrected chi connectivity index (χ4v) is 4.02. The summed E-state index contributed by atoms with van der Waals surface area (Å²) in [7, 11) is 0. The molecule has 0 amide bonds. The van der Waals surface area contributed by atoms with Gasteiger partial charge in [0.2, 0.25) is 0 Å². The van der Waals surface area contributed by atoms with Gasteiger partial charge in [0.25, 0.3) is 11.2 Å². The zero-order valence-corrected chi connectivity index (χ0v) is 17.7. The standard InChI is InChI=1S/C23H22N4O6/c28-21(29)14-33-20-11-10-17(27(31)32)12-16(20)13-24-26-22(15-6-2-1-3-7-15)25-19-9-5-4-8-18(19)23(26)30/h4-5,8-13,15H,1-3,6-7,14H2,(H,28,29). The van der Waals surface area contributed by atoms with Crippen molar-refractivity contribution >= 4 is 28.8 Å². The van der Waals surface area contributed by atoms with E-state index in [1.54, 1.807) is 18.2 Å². The van der Waals surface area contributed by atoms with E-state index in [0.717, 1.165) is 32.1 Å². The number of ether oxygens (including phenoxy) is 1. The van der Waals surface area contributed by atoms with Crippen molar-refractivity contribution in [1.29, 1.82) is 0 Å². The molecule has 1 N–H and O–H groups in total. The third-order valence-corrected chi connectivity index (χ3v) is 5.62. The molecular weight excluding hydrogens is 428 g/mol. The maximum Gasteiger partial charge on any atom is 0.341 e. The molecular formula is C23H22N4O6. The predicted molar refractivity (Wildman–Crippen MR) is 121 cm³/mol. The number of nitrogens with zero attached hydrogens (tertiary/aromatic N) is 4. The quantitative estimate of drug-likeness (QED) is 0.329. The summed E-state index contributed by atoms with van der Waals surface area (Å²) in [4.78, 5) is 39.6. The maximum atomic E-state index is 13.3. The lowest BCUT2D eigenvalue weighted by atomic mass is 9.88. The van der Waals surface area contributed by atoms with Crippen molar-refractivity contribution in [2.75, 3.05) is 6.61 Å². The van der Waals surface area contributed by atoms with Crippen molar-refractivity contribution in [3.63, 3.8) is 0 Å². The van der Waals surface area contributed by atoms with Crippen LogP contribution in [0, 0.1) is 10.1 Å². The van der Waals surface area contributed by atoms with Gasteiger partial charge in [-0.05, 0) is 31.0 Å². The van der Waals surface area contributed by atoms with Gasteiger partial charge in [-0.15, -0.1) is 0 Å². The minimum absolute atomic E-state index is 0.0704. The molecule has 2 aromatic carbocycles. The number of aromatic nitrogens is 2. The number of aliphatic carboxylic acids is 1. The summed E-state index contributed by atoms with van der Waals surface area (Å²) in [5.41, 5.74) is 0.224. The Kier molecular flexibility index (Phi) is 6.43. The van der Waals surface area contributed by atoms with Gasteiger partial charge in [-0.2, -0.15) is 9.78 Å². The molecule has 170 valence electrons. The van der Waals surface area contributed by atoms with Crippen LogP contribution in [0.15, 0.2) is 52.4 Å². The van der Waals surface area contributed by atoms with E-state index in [2.05, 4.69) is 5.10 Å². The SMILES string of the molecule is O=C(O)COc1ccc([N+](=O)[O-])cc1C=Nn1c(C2CCCCC2)nc2ccccc2c1=O. The number of hydrogen-bond donors (Lipinski definition) is 1. The molecule has 0 atom stereocenters. The summed E-state index contributed by atoms with van der Waals surface area (Å²) >= 11 is 0. The number of carboxylic acids is 1. The number of fused-ring (bicyclic) bond motifs is 1. The van der Waals surface area contributed by atoms with Crippen molar-refractivity contribution in [3.8, 4) is 5.75 Å². The van der Waals surface area contributed by atoms with E-state index >= 15 is 0 Å². The van der Waals surface area contributed by atoms with Crippen LogP contribution in [0.25, 0.3) is 10.9 Å². The van der Waals surface area contributed by atoms with E-state index < -0.39 is 17.5 Å². The number of non-ortho nitro benzene ring substituents is 1. The molecule has 3 aromatic rings. The highest BCUT2D eigenvalue weighted by Gasteiger charge is 2.22. The van der Waals surface area contributed by atoms with E-state index in [4.69, 9.17) is 14.8 Å². The van der Waals surface area contributed by atoms with Gasteiger partial charge in [-0.25, -0.2) is 9.78 Å². The normalized spacial score (nSPS) is 14.5. The first-order valence-corrected chi connectivity index (χ1v) is 10.6. The molecule has 0 bridgehead atoms. The molecule has 10 heteroatoms. The maximum absolute atomic E-state index is 13.3. The number of carboxylic acid groups (broad SMARTS) is 1. The van der Waals surface area contributed by atoms with E-state index in [0.29, 0.717) is 16.7 Å². The lowest BCUT2D eigenvalue weighted by molar-refractivity contribution is -0.384. The Morgan fingerprint density at radius 1 is 1.24 bits per heavy atom. The van der Waals surface area contributed by atoms with Crippen molar-refractivity contribution in [3.05, 3.63) is 74.3 Å². The van der Waals surface area contributed by atoms with Gasteiger partial charge in [0.05, 0.1) is 22.0 Å². The molecule has 1 aromatic heterocycles. The minimum atomic E-state index is -1.19. The van der Waals surface area contributed by atoms with Gasteiger partial charge in [0.1, 0.15) is 11.6 Å². The average molecular weight is 450 g/mol. The van der Waals surface area contributed by atoms with Crippen LogP contribution >= 0.6 is 0 Å². The van der Waals surface area contributed by atoms with Gasteiger partial charge in [0.15, 0.2) is 6.61 Å². The van der Waals surface area contributed by atoms with Crippen LogP contribution in [-0.4, -0.2) is 38.5 Å². The molecule has 0 spiro atoms. The molecule has 4 rings (SSSR count). The number of hydrogen-bond acceptors (Lipinski definition) is 7. The van der Waals surface area contributed by atoms with Crippen LogP contribution in [0.1, 0.15) is 49.4 Å². The second-order valence-corrected chi connectivity index (χ2v) is 7.85. The van der Waals surface area contributed by atoms with E-state index in [9.17, 15) is 19.7 Å². The Labute approximate surface area is 188 Å². The molecule has 1 saturated carbocycles. The lowest BCUT2D eigenvalue weighted by Gasteiger charge is -2.22. The van der Waals surface area contributed by atoms with Gasteiger partial charge in [-0.3, -0.25) is 14.9 Å². The summed E-state index contributed by atoms with van der Waals surface area (Å²) in [6, 6.07) is 10.8. The van der Waals surface area contributed by atoms with Crippen LogP contribution in [0.2, 0.25) is 0 Å². The summed E-state index contributed by atoms with van der Waals surface area (Å²) in [5.74, 6) is -0.465. The zero-order chi connectivity index (χ0) is 23.4. The Morgan fingerprint density at radius 2 is 2.00 bits per heavy atom. The molecule has 0 radical (unpaired) electrons. The molecule has 0 saturated heterocycles. The second-order valence-electron chi connectivity index (χ2n) is 7.85. The Balaban J connectivity index is 1.82. The second kappa shape index (κ2) is 9.60. The van der Waals surface area contributed by atoms with Gasteiger partial charge < -0.3 is 9.84 Å². The van der Waals surface area contributed by atoms with Crippen LogP contribution in [0.3, 0.4) is 0 Å². The number of nitro groups is 1. The molecule has 1 aliphatic rings. The molecule has 33 heavy (non-hydrogen) atoms. The Bertz CT molecular complexity index is 1290. The highest BCUT2D eigenvalue weighted by atomic mass is 16.6. The minimum Gasteiger partial charge on any atom is -0.481 e. The van der Waals surface area contributed by atoms with Crippen molar-refractivity contribution in [2.45, 2.75) is 38.0 Å². The number of para-hydroxylation sites is 1. The first-order valence-electron chi connectivity index (χ1n) is 10.6. The fraction of sp³-hybridized carbons (Fsp3) is 0.304. The van der Waals surface area contributed by atoms with Crippen LogP contribution in [-0.2, 0) is 4.79 Å². The molecule has 0 unspecified atom stereocenters.